The summed E-state index contributed by atoms with van der Waals surface area (Å²) >= 11 is 0. The average Bonchev–Trinajstić information content (AvgIpc) is 2.47. The molecule has 1 aromatic rings. The van der Waals surface area contributed by atoms with E-state index in [0.29, 0.717) is 32.7 Å². The van der Waals surface area contributed by atoms with Gasteiger partial charge in [0, 0.05) is 19.1 Å². The minimum Gasteiger partial charge on any atom is -0.493 e. The van der Waals surface area contributed by atoms with Gasteiger partial charge in [-0.15, -0.1) is 0 Å². The molecule has 2 rings (SSSR count). The third kappa shape index (κ3) is 4.72. The number of benzene rings is 1. The number of carbonyl (C=O) groups is 1. The number of hydrogen-bond donors (Lipinski definition) is 1. The summed E-state index contributed by atoms with van der Waals surface area (Å²) in [5, 5.41) is 0. The van der Waals surface area contributed by atoms with Gasteiger partial charge < -0.3 is 20.1 Å². The summed E-state index contributed by atoms with van der Waals surface area (Å²) in [6.45, 7) is 6.06. The molecule has 2 N–H and O–H groups in total. The number of ether oxygens (including phenoxy) is 2. The zero-order valence-corrected chi connectivity index (χ0v) is 12.7. The maximum Gasteiger partial charge on any atom is 0.226 e. The SMILES string of the molecule is Cc1cccc(OCCC(=O)N2CCOC(C(C)N)C2)c1. The van der Waals surface area contributed by atoms with Crippen LogP contribution in [0.15, 0.2) is 24.3 Å². The fourth-order valence-corrected chi connectivity index (χ4v) is 2.34. The fourth-order valence-electron chi connectivity index (χ4n) is 2.34. The van der Waals surface area contributed by atoms with Crippen molar-refractivity contribution in [2.24, 2.45) is 5.73 Å². The summed E-state index contributed by atoms with van der Waals surface area (Å²) < 4.78 is 11.2. The Balaban J connectivity index is 1.76. The molecule has 0 bridgehead atoms. The zero-order valence-electron chi connectivity index (χ0n) is 12.7. The van der Waals surface area contributed by atoms with Crippen LogP contribution in [0.4, 0.5) is 0 Å². The lowest BCUT2D eigenvalue weighted by atomic mass is 10.1. The average molecular weight is 292 g/mol. The van der Waals surface area contributed by atoms with Crippen molar-refractivity contribution >= 4 is 5.91 Å². The van der Waals surface area contributed by atoms with Gasteiger partial charge in [0.1, 0.15) is 5.75 Å². The van der Waals surface area contributed by atoms with Crippen LogP contribution in [0, 0.1) is 6.92 Å². The Morgan fingerprint density at radius 1 is 1.57 bits per heavy atom. The quantitative estimate of drug-likeness (QED) is 0.889. The Hall–Kier alpha value is -1.59. The first kappa shape index (κ1) is 15.8. The van der Waals surface area contributed by atoms with Crippen molar-refractivity contribution in [1.29, 1.82) is 0 Å². The Labute approximate surface area is 126 Å². The van der Waals surface area contributed by atoms with Gasteiger partial charge in [-0.2, -0.15) is 0 Å². The molecule has 1 fully saturated rings. The second-order valence-electron chi connectivity index (χ2n) is 5.52. The van der Waals surface area contributed by atoms with Gasteiger partial charge in [-0.05, 0) is 31.5 Å². The lowest BCUT2D eigenvalue weighted by Crippen LogP contribution is -2.51. The molecular formula is C16H24N2O3. The van der Waals surface area contributed by atoms with Gasteiger partial charge in [-0.1, -0.05) is 12.1 Å². The second-order valence-corrected chi connectivity index (χ2v) is 5.52. The molecule has 0 saturated carbocycles. The topological polar surface area (TPSA) is 64.8 Å². The van der Waals surface area contributed by atoms with E-state index < -0.39 is 0 Å². The van der Waals surface area contributed by atoms with Crippen molar-refractivity contribution in [2.45, 2.75) is 32.4 Å². The van der Waals surface area contributed by atoms with E-state index in [-0.39, 0.29) is 18.1 Å². The lowest BCUT2D eigenvalue weighted by molar-refractivity contribution is -0.139. The van der Waals surface area contributed by atoms with E-state index in [4.69, 9.17) is 15.2 Å². The number of carbonyl (C=O) groups excluding carboxylic acids is 1. The highest BCUT2D eigenvalue weighted by Gasteiger charge is 2.26. The molecule has 116 valence electrons. The first-order valence-electron chi connectivity index (χ1n) is 7.40. The van der Waals surface area contributed by atoms with E-state index in [1.165, 1.54) is 0 Å². The summed E-state index contributed by atoms with van der Waals surface area (Å²) in [6, 6.07) is 7.76. The third-order valence-electron chi connectivity index (χ3n) is 3.61. The second kappa shape index (κ2) is 7.43. The minimum absolute atomic E-state index is 0.0656. The number of aryl methyl sites for hydroxylation is 1. The predicted octanol–water partition coefficient (Wildman–Crippen LogP) is 1.34. The number of morpholine rings is 1. The largest absolute Gasteiger partial charge is 0.493 e. The van der Waals surface area contributed by atoms with Crippen molar-refractivity contribution in [2.75, 3.05) is 26.3 Å². The van der Waals surface area contributed by atoms with Crippen LogP contribution in [0.2, 0.25) is 0 Å². The molecular weight excluding hydrogens is 268 g/mol. The van der Waals surface area contributed by atoms with E-state index in [0.717, 1.165) is 11.3 Å². The summed E-state index contributed by atoms with van der Waals surface area (Å²) in [5.74, 6) is 0.898. The number of nitrogens with two attached hydrogens (primary N) is 1. The van der Waals surface area contributed by atoms with E-state index in [9.17, 15) is 4.79 Å². The normalized spacial score (nSPS) is 20.1. The van der Waals surface area contributed by atoms with Gasteiger partial charge in [0.25, 0.3) is 0 Å². The molecule has 0 radical (unpaired) electrons. The van der Waals surface area contributed by atoms with E-state index in [1.54, 1.807) is 0 Å². The van der Waals surface area contributed by atoms with Crippen LogP contribution in [-0.2, 0) is 9.53 Å². The molecule has 1 heterocycles. The molecule has 1 aliphatic heterocycles. The summed E-state index contributed by atoms with van der Waals surface area (Å²) in [6.07, 6.45) is 0.306. The highest BCUT2D eigenvalue weighted by Crippen LogP contribution is 2.13. The summed E-state index contributed by atoms with van der Waals surface area (Å²) in [4.78, 5) is 14.0. The van der Waals surface area contributed by atoms with Crippen molar-refractivity contribution < 1.29 is 14.3 Å². The molecule has 0 aliphatic carbocycles. The number of rotatable bonds is 5. The first-order chi connectivity index (χ1) is 10.1. The van der Waals surface area contributed by atoms with Gasteiger partial charge >= 0.3 is 0 Å². The summed E-state index contributed by atoms with van der Waals surface area (Å²) in [5.41, 5.74) is 6.98. The van der Waals surface area contributed by atoms with Crippen LogP contribution in [0.5, 0.6) is 5.75 Å². The number of amides is 1. The Morgan fingerprint density at radius 3 is 3.10 bits per heavy atom. The zero-order chi connectivity index (χ0) is 15.2. The molecule has 1 saturated heterocycles. The van der Waals surface area contributed by atoms with Crippen LogP contribution in [0.25, 0.3) is 0 Å². The van der Waals surface area contributed by atoms with Gasteiger partial charge in [-0.3, -0.25) is 4.79 Å². The monoisotopic (exact) mass is 292 g/mol. The Kier molecular flexibility index (Phi) is 5.59. The van der Waals surface area contributed by atoms with Crippen LogP contribution >= 0.6 is 0 Å². The molecule has 5 heteroatoms. The Bertz CT molecular complexity index is 476. The third-order valence-corrected chi connectivity index (χ3v) is 3.61. The maximum atomic E-state index is 12.2. The molecule has 1 aliphatic rings. The summed E-state index contributed by atoms with van der Waals surface area (Å²) in [7, 11) is 0. The number of hydrogen-bond acceptors (Lipinski definition) is 4. The van der Waals surface area contributed by atoms with Crippen molar-refractivity contribution in [3.63, 3.8) is 0 Å². The molecule has 1 aromatic carbocycles. The van der Waals surface area contributed by atoms with Crippen molar-refractivity contribution in [3.8, 4) is 5.75 Å². The molecule has 2 unspecified atom stereocenters. The van der Waals surface area contributed by atoms with Crippen molar-refractivity contribution in [1.82, 2.24) is 4.90 Å². The van der Waals surface area contributed by atoms with Gasteiger partial charge in [0.15, 0.2) is 0 Å². The number of nitrogens with zero attached hydrogens (tertiary/aromatic N) is 1. The standard InChI is InChI=1S/C16H24N2O3/c1-12-4-3-5-14(10-12)20-8-6-16(19)18-7-9-21-15(11-18)13(2)17/h3-5,10,13,15H,6-9,11,17H2,1-2H3. The highest BCUT2D eigenvalue weighted by atomic mass is 16.5. The molecule has 0 aromatic heterocycles. The molecule has 1 amide bonds. The van der Waals surface area contributed by atoms with Crippen LogP contribution in [0.1, 0.15) is 18.9 Å². The highest BCUT2D eigenvalue weighted by molar-refractivity contribution is 5.76. The maximum absolute atomic E-state index is 12.2. The van der Waals surface area contributed by atoms with E-state index in [1.807, 2.05) is 43.0 Å². The lowest BCUT2D eigenvalue weighted by Gasteiger charge is -2.34. The van der Waals surface area contributed by atoms with Crippen LogP contribution in [0.3, 0.4) is 0 Å². The molecule has 2 atom stereocenters. The van der Waals surface area contributed by atoms with Crippen LogP contribution < -0.4 is 10.5 Å². The molecule has 21 heavy (non-hydrogen) atoms. The van der Waals surface area contributed by atoms with Crippen molar-refractivity contribution in [3.05, 3.63) is 29.8 Å². The molecule has 0 spiro atoms. The van der Waals surface area contributed by atoms with E-state index in [2.05, 4.69) is 0 Å². The fraction of sp³-hybridized carbons (Fsp3) is 0.562. The smallest absolute Gasteiger partial charge is 0.226 e. The van der Waals surface area contributed by atoms with Gasteiger partial charge in [0.2, 0.25) is 5.91 Å². The van der Waals surface area contributed by atoms with Crippen LogP contribution in [-0.4, -0.2) is 49.3 Å². The van der Waals surface area contributed by atoms with Gasteiger partial charge in [-0.25, -0.2) is 0 Å². The first-order valence-corrected chi connectivity index (χ1v) is 7.40. The predicted molar refractivity (Wildman–Crippen MR) is 81.3 cm³/mol. The van der Waals surface area contributed by atoms with E-state index >= 15 is 0 Å². The molecule has 5 nitrogen and oxygen atoms in total. The van der Waals surface area contributed by atoms with Gasteiger partial charge in [0.05, 0.1) is 25.7 Å². The minimum atomic E-state index is -0.0691. The Morgan fingerprint density at radius 2 is 2.38 bits per heavy atom.